The Morgan fingerprint density at radius 1 is 1.33 bits per heavy atom. The number of nitriles is 1. The number of fused-ring (bicyclic) bond motifs is 1. The number of hydrogen-bond acceptors (Lipinski definition) is 4. The Bertz CT molecular complexity index is 551. The van der Waals surface area contributed by atoms with Crippen molar-refractivity contribution in [2.24, 2.45) is 0 Å². The summed E-state index contributed by atoms with van der Waals surface area (Å²) >= 11 is 0. The molecular formula is C11H9NO3. The molecular weight excluding hydrogens is 194 g/mol. The summed E-state index contributed by atoms with van der Waals surface area (Å²) in [6.07, 6.45) is 0. The van der Waals surface area contributed by atoms with Gasteiger partial charge in [0.1, 0.15) is 11.3 Å². The van der Waals surface area contributed by atoms with E-state index in [0.717, 1.165) is 5.39 Å². The third-order valence-electron chi connectivity index (χ3n) is 1.61. The van der Waals surface area contributed by atoms with Gasteiger partial charge in [0.25, 0.3) is 0 Å². The molecule has 0 saturated carbocycles. The summed E-state index contributed by atoms with van der Waals surface area (Å²) in [6.45, 7) is 1.43. The maximum Gasteiger partial charge on any atom is 0.336 e. The first-order valence-corrected chi connectivity index (χ1v) is 4.21. The van der Waals surface area contributed by atoms with E-state index in [1.54, 1.807) is 24.3 Å². The average molecular weight is 203 g/mol. The first-order valence-electron chi connectivity index (χ1n) is 4.21. The quantitative estimate of drug-likeness (QED) is 0.665. The number of aromatic hydroxyl groups is 1. The van der Waals surface area contributed by atoms with E-state index < -0.39 is 5.63 Å². The molecule has 0 aliphatic heterocycles. The Kier molecular flexibility index (Phi) is 3.47. The highest BCUT2D eigenvalue weighted by molar-refractivity contribution is 5.77. The van der Waals surface area contributed by atoms with E-state index in [4.69, 9.17) is 14.8 Å². The monoisotopic (exact) mass is 203 g/mol. The highest BCUT2D eigenvalue weighted by Gasteiger charge is 1.96. The van der Waals surface area contributed by atoms with Gasteiger partial charge >= 0.3 is 5.63 Å². The summed E-state index contributed by atoms with van der Waals surface area (Å²) in [5.74, 6) is 0.0943. The van der Waals surface area contributed by atoms with Crippen LogP contribution in [-0.2, 0) is 0 Å². The molecule has 1 N–H and O–H groups in total. The normalized spacial score (nSPS) is 8.80. The third-order valence-corrected chi connectivity index (χ3v) is 1.61. The number of rotatable bonds is 0. The van der Waals surface area contributed by atoms with Crippen LogP contribution in [0.15, 0.2) is 39.5 Å². The second-order valence-corrected chi connectivity index (χ2v) is 2.70. The van der Waals surface area contributed by atoms with Gasteiger partial charge in [-0.05, 0) is 18.2 Å². The second-order valence-electron chi connectivity index (χ2n) is 2.70. The van der Waals surface area contributed by atoms with Crippen molar-refractivity contribution >= 4 is 11.0 Å². The SMILES string of the molecule is CC#N.O=c1ccc2ccc(O)cc2o1. The number of nitrogens with zero attached hydrogens (tertiary/aromatic N) is 1. The summed E-state index contributed by atoms with van der Waals surface area (Å²) in [6, 6.07) is 9.40. The van der Waals surface area contributed by atoms with Crippen molar-refractivity contribution in [1.82, 2.24) is 0 Å². The molecule has 4 heteroatoms. The van der Waals surface area contributed by atoms with Crippen LogP contribution in [0.1, 0.15) is 6.92 Å². The fraction of sp³-hybridized carbons (Fsp3) is 0.0909. The maximum absolute atomic E-state index is 10.7. The Morgan fingerprint density at radius 3 is 2.60 bits per heavy atom. The molecule has 0 atom stereocenters. The van der Waals surface area contributed by atoms with Crippen molar-refractivity contribution < 1.29 is 9.52 Å². The van der Waals surface area contributed by atoms with Crippen LogP contribution in [0.2, 0.25) is 0 Å². The lowest BCUT2D eigenvalue weighted by atomic mass is 10.2. The Morgan fingerprint density at radius 2 is 1.93 bits per heavy atom. The molecule has 0 radical (unpaired) electrons. The smallest absolute Gasteiger partial charge is 0.336 e. The van der Waals surface area contributed by atoms with E-state index in [-0.39, 0.29) is 5.75 Å². The van der Waals surface area contributed by atoms with Gasteiger partial charge in [0, 0.05) is 24.4 Å². The topological polar surface area (TPSA) is 74.2 Å². The zero-order valence-corrected chi connectivity index (χ0v) is 8.10. The standard InChI is InChI=1S/C9H6O3.C2H3N/c10-7-3-1-6-2-4-9(11)12-8(6)5-7;1-2-3/h1-5,10H;1H3. The van der Waals surface area contributed by atoms with Crippen molar-refractivity contribution in [2.45, 2.75) is 6.92 Å². The predicted molar refractivity (Wildman–Crippen MR) is 55.4 cm³/mol. The van der Waals surface area contributed by atoms with Gasteiger partial charge in [-0.3, -0.25) is 0 Å². The zero-order valence-electron chi connectivity index (χ0n) is 8.10. The average Bonchev–Trinajstić information content (AvgIpc) is 2.18. The molecule has 0 aliphatic carbocycles. The van der Waals surface area contributed by atoms with E-state index in [1.165, 1.54) is 19.1 Å². The van der Waals surface area contributed by atoms with Crippen LogP contribution in [0.5, 0.6) is 5.75 Å². The van der Waals surface area contributed by atoms with Gasteiger partial charge in [0.15, 0.2) is 0 Å². The van der Waals surface area contributed by atoms with Gasteiger partial charge in [-0.25, -0.2) is 4.79 Å². The van der Waals surface area contributed by atoms with Gasteiger partial charge in [-0.1, -0.05) is 0 Å². The predicted octanol–water partition coefficient (Wildman–Crippen LogP) is 2.03. The fourth-order valence-electron chi connectivity index (χ4n) is 1.05. The lowest BCUT2D eigenvalue weighted by molar-refractivity contribution is 0.473. The largest absolute Gasteiger partial charge is 0.508 e. The van der Waals surface area contributed by atoms with E-state index in [0.29, 0.717) is 5.58 Å². The summed E-state index contributed by atoms with van der Waals surface area (Å²) in [5, 5.41) is 17.2. The third kappa shape index (κ3) is 2.85. The van der Waals surface area contributed by atoms with Crippen molar-refractivity contribution in [3.8, 4) is 11.8 Å². The van der Waals surface area contributed by atoms with Crippen molar-refractivity contribution in [1.29, 1.82) is 5.26 Å². The molecule has 0 bridgehead atoms. The van der Waals surface area contributed by atoms with E-state index in [1.807, 2.05) is 0 Å². The van der Waals surface area contributed by atoms with Crippen LogP contribution in [-0.4, -0.2) is 5.11 Å². The van der Waals surface area contributed by atoms with Gasteiger partial charge in [0.2, 0.25) is 0 Å². The minimum Gasteiger partial charge on any atom is -0.508 e. The summed E-state index contributed by atoms with van der Waals surface area (Å²) in [7, 11) is 0. The van der Waals surface area contributed by atoms with Crippen LogP contribution >= 0.6 is 0 Å². The van der Waals surface area contributed by atoms with Gasteiger partial charge in [-0.15, -0.1) is 0 Å². The first kappa shape index (κ1) is 10.8. The molecule has 76 valence electrons. The zero-order chi connectivity index (χ0) is 11.3. The van der Waals surface area contributed by atoms with Crippen molar-refractivity contribution in [3.05, 3.63) is 40.8 Å². The molecule has 1 aromatic carbocycles. The number of hydrogen-bond donors (Lipinski definition) is 1. The summed E-state index contributed by atoms with van der Waals surface area (Å²) in [4.78, 5) is 10.7. The molecule has 0 amide bonds. The van der Waals surface area contributed by atoms with Crippen LogP contribution in [0.25, 0.3) is 11.0 Å². The Labute approximate surface area is 86.0 Å². The molecule has 2 rings (SSSR count). The number of benzene rings is 1. The molecule has 0 unspecified atom stereocenters. The molecule has 0 saturated heterocycles. The fourth-order valence-corrected chi connectivity index (χ4v) is 1.05. The van der Waals surface area contributed by atoms with Gasteiger partial charge in [0.05, 0.1) is 6.07 Å². The van der Waals surface area contributed by atoms with Crippen LogP contribution < -0.4 is 5.63 Å². The second kappa shape index (κ2) is 4.82. The van der Waals surface area contributed by atoms with E-state index in [2.05, 4.69) is 0 Å². The lowest BCUT2D eigenvalue weighted by Crippen LogP contribution is -1.93. The highest BCUT2D eigenvalue weighted by Crippen LogP contribution is 2.17. The molecule has 1 heterocycles. The summed E-state index contributed by atoms with van der Waals surface area (Å²) in [5.41, 5.74) is -0.00407. The van der Waals surface area contributed by atoms with Crippen molar-refractivity contribution in [2.75, 3.05) is 0 Å². The molecule has 0 spiro atoms. The van der Waals surface area contributed by atoms with Crippen LogP contribution in [0.3, 0.4) is 0 Å². The molecule has 15 heavy (non-hydrogen) atoms. The van der Waals surface area contributed by atoms with Gasteiger partial charge in [-0.2, -0.15) is 5.26 Å². The molecule has 1 aromatic heterocycles. The minimum absolute atomic E-state index is 0.0943. The number of phenols is 1. The Hall–Kier alpha value is -2.28. The molecule has 4 nitrogen and oxygen atoms in total. The lowest BCUT2D eigenvalue weighted by Gasteiger charge is -1.94. The van der Waals surface area contributed by atoms with Crippen LogP contribution in [0.4, 0.5) is 0 Å². The summed E-state index contributed by atoms with van der Waals surface area (Å²) < 4.78 is 4.83. The molecule has 2 aromatic rings. The Balaban J connectivity index is 0.000000337. The van der Waals surface area contributed by atoms with E-state index >= 15 is 0 Å². The van der Waals surface area contributed by atoms with Crippen molar-refractivity contribution in [3.63, 3.8) is 0 Å². The van der Waals surface area contributed by atoms with Gasteiger partial charge < -0.3 is 9.52 Å². The van der Waals surface area contributed by atoms with E-state index in [9.17, 15) is 4.79 Å². The molecule has 0 aliphatic rings. The highest BCUT2D eigenvalue weighted by atomic mass is 16.4. The number of phenolic OH excluding ortho intramolecular Hbond substituents is 1. The minimum atomic E-state index is -0.409. The molecule has 0 fully saturated rings. The maximum atomic E-state index is 10.7. The van der Waals surface area contributed by atoms with Crippen LogP contribution in [0, 0.1) is 11.3 Å². The first-order chi connectivity index (χ1) is 7.17.